The van der Waals surface area contributed by atoms with Crippen molar-refractivity contribution in [1.82, 2.24) is 10.2 Å². The lowest BCUT2D eigenvalue weighted by atomic mass is 9.95. The number of hydrogen-bond donors (Lipinski definition) is 1. The van der Waals surface area contributed by atoms with Crippen LogP contribution in [-0.4, -0.2) is 44.7 Å². The van der Waals surface area contributed by atoms with Crippen LogP contribution in [0.1, 0.15) is 61.8 Å². The van der Waals surface area contributed by atoms with E-state index >= 15 is 0 Å². The van der Waals surface area contributed by atoms with Crippen molar-refractivity contribution < 1.29 is 13.2 Å². The van der Waals surface area contributed by atoms with Crippen LogP contribution in [0.4, 0.5) is 0 Å². The van der Waals surface area contributed by atoms with Gasteiger partial charge in [-0.05, 0) is 55.7 Å². The number of benzene rings is 2. The summed E-state index contributed by atoms with van der Waals surface area (Å²) >= 11 is 0. The van der Waals surface area contributed by atoms with E-state index in [1.54, 1.807) is 0 Å². The summed E-state index contributed by atoms with van der Waals surface area (Å²) in [4.78, 5) is 15.0. The molecule has 1 saturated heterocycles. The molecule has 7 heteroatoms. The number of likely N-dealkylation sites (tertiary alicyclic amines) is 1. The summed E-state index contributed by atoms with van der Waals surface area (Å²) in [5, 5.41) is 3.07. The minimum Gasteiger partial charge on any atom is -0.356 e. The third kappa shape index (κ3) is 5.67. The Bertz CT molecular complexity index is 1240. The van der Waals surface area contributed by atoms with Crippen LogP contribution in [0, 0.1) is 12.8 Å². The first-order chi connectivity index (χ1) is 16.7. The van der Waals surface area contributed by atoms with E-state index in [9.17, 15) is 13.2 Å². The van der Waals surface area contributed by atoms with Crippen LogP contribution in [0.5, 0.6) is 0 Å². The molecule has 1 fully saturated rings. The van der Waals surface area contributed by atoms with E-state index in [0.717, 1.165) is 6.42 Å². The number of aryl methyl sites for hydroxylation is 1. The number of rotatable bonds is 6. The number of carbonyl (C=O) groups excluding carboxylic acids is 1. The number of sulfonamides is 1. The minimum atomic E-state index is -3.75. The number of amidine groups is 1. The first kappa shape index (κ1) is 25.2. The largest absolute Gasteiger partial charge is 0.356 e. The molecular weight excluding hydrogens is 458 g/mol. The summed E-state index contributed by atoms with van der Waals surface area (Å²) in [6.07, 6.45) is 2.17. The average Bonchev–Trinajstić information content (AvgIpc) is 3.08. The summed E-state index contributed by atoms with van der Waals surface area (Å²) in [6, 6.07) is 16.1. The standard InChI is InChI=1S/C28H35N3O3S/c1-19(2)23-9-11-24(12-10-23)26-21(4)27(30-35(26,33)34)31-17-14-25(15-18-31)28(32)29-16-13-22-7-5-20(3)6-8-22/h5-12,19,25H,13-18H2,1-4H3,(H,29,32). The third-order valence-electron chi connectivity index (χ3n) is 6.98. The SMILES string of the molecule is CC1=C(c2ccc(C(C)C)cc2)S(=O)(=O)N=C1N1CCC(C(=O)NCCc2ccc(C)cc2)CC1. The second kappa shape index (κ2) is 10.4. The zero-order valence-corrected chi connectivity index (χ0v) is 21.9. The summed E-state index contributed by atoms with van der Waals surface area (Å²) in [5.74, 6) is 0.921. The lowest BCUT2D eigenvalue weighted by Gasteiger charge is -2.32. The molecule has 6 nitrogen and oxygen atoms in total. The van der Waals surface area contributed by atoms with E-state index in [1.807, 2.05) is 36.1 Å². The van der Waals surface area contributed by atoms with Gasteiger partial charge in [-0.2, -0.15) is 8.42 Å². The van der Waals surface area contributed by atoms with Gasteiger partial charge in [-0.25, -0.2) is 0 Å². The van der Waals surface area contributed by atoms with Gasteiger partial charge in [0.2, 0.25) is 5.91 Å². The molecular formula is C28H35N3O3S. The van der Waals surface area contributed by atoms with Crippen molar-refractivity contribution in [1.29, 1.82) is 0 Å². The van der Waals surface area contributed by atoms with Gasteiger partial charge in [0.25, 0.3) is 10.0 Å². The maximum absolute atomic E-state index is 12.9. The minimum absolute atomic E-state index is 0.0600. The molecule has 2 aliphatic rings. The Labute approximate surface area is 209 Å². The molecule has 1 amide bonds. The van der Waals surface area contributed by atoms with Gasteiger partial charge in [-0.15, -0.1) is 4.40 Å². The smallest absolute Gasteiger partial charge is 0.285 e. The molecule has 0 spiro atoms. The summed E-state index contributed by atoms with van der Waals surface area (Å²) in [5.41, 5.74) is 4.97. The normalized spacial score (nSPS) is 18.2. The van der Waals surface area contributed by atoms with Crippen molar-refractivity contribution in [3.05, 3.63) is 76.4 Å². The van der Waals surface area contributed by atoms with Crippen molar-refractivity contribution in [3.8, 4) is 0 Å². The van der Waals surface area contributed by atoms with Crippen LogP contribution in [0.3, 0.4) is 0 Å². The van der Waals surface area contributed by atoms with E-state index < -0.39 is 10.0 Å². The van der Waals surface area contributed by atoms with Gasteiger partial charge < -0.3 is 10.2 Å². The van der Waals surface area contributed by atoms with Gasteiger partial charge in [-0.3, -0.25) is 4.79 Å². The van der Waals surface area contributed by atoms with E-state index in [2.05, 4.69) is 54.8 Å². The summed E-state index contributed by atoms with van der Waals surface area (Å²) in [6.45, 7) is 9.96. The Hall–Kier alpha value is -2.93. The molecule has 186 valence electrons. The first-order valence-corrected chi connectivity index (χ1v) is 13.8. The highest BCUT2D eigenvalue weighted by molar-refractivity contribution is 8.00. The van der Waals surface area contributed by atoms with Crippen molar-refractivity contribution in [2.75, 3.05) is 19.6 Å². The van der Waals surface area contributed by atoms with E-state index in [4.69, 9.17) is 0 Å². The molecule has 0 bridgehead atoms. The number of amides is 1. The molecule has 4 rings (SSSR count). The van der Waals surface area contributed by atoms with Crippen molar-refractivity contribution in [3.63, 3.8) is 0 Å². The fraction of sp³-hybridized carbons (Fsp3) is 0.429. The lowest BCUT2D eigenvalue weighted by Crippen LogP contribution is -2.43. The molecule has 0 saturated carbocycles. The summed E-state index contributed by atoms with van der Waals surface area (Å²) < 4.78 is 30.0. The number of nitrogens with zero attached hydrogens (tertiary/aromatic N) is 2. The molecule has 35 heavy (non-hydrogen) atoms. The maximum atomic E-state index is 12.9. The molecule has 2 aromatic carbocycles. The number of hydrogen-bond acceptors (Lipinski definition) is 4. The second-order valence-corrected chi connectivity index (χ2v) is 11.4. The van der Waals surface area contributed by atoms with Gasteiger partial charge in [0.05, 0.1) is 0 Å². The first-order valence-electron chi connectivity index (χ1n) is 12.4. The second-order valence-electron chi connectivity index (χ2n) is 9.91. The zero-order valence-electron chi connectivity index (χ0n) is 21.0. The van der Waals surface area contributed by atoms with Gasteiger partial charge in [-0.1, -0.05) is 67.9 Å². The third-order valence-corrected chi connectivity index (χ3v) is 8.45. The highest BCUT2D eigenvalue weighted by Gasteiger charge is 2.35. The Balaban J connectivity index is 1.36. The molecule has 0 aliphatic carbocycles. The fourth-order valence-electron chi connectivity index (χ4n) is 4.79. The molecule has 1 N–H and O–H groups in total. The predicted octanol–water partition coefficient (Wildman–Crippen LogP) is 4.66. The molecule has 2 aromatic rings. The van der Waals surface area contributed by atoms with Crippen LogP contribution in [0.15, 0.2) is 58.5 Å². The van der Waals surface area contributed by atoms with Gasteiger partial charge in [0, 0.05) is 31.1 Å². The number of nitrogens with one attached hydrogen (secondary N) is 1. The van der Waals surface area contributed by atoms with Gasteiger partial charge in [0.15, 0.2) is 0 Å². The molecule has 0 radical (unpaired) electrons. The Morgan fingerprint density at radius 3 is 2.26 bits per heavy atom. The maximum Gasteiger partial charge on any atom is 0.285 e. The van der Waals surface area contributed by atoms with E-state index in [-0.39, 0.29) is 11.8 Å². The van der Waals surface area contributed by atoms with Crippen LogP contribution in [-0.2, 0) is 21.2 Å². The topological polar surface area (TPSA) is 78.8 Å². The van der Waals surface area contributed by atoms with E-state index in [1.165, 1.54) is 16.7 Å². The number of carbonyl (C=O) groups is 1. The molecule has 0 unspecified atom stereocenters. The molecule has 0 atom stereocenters. The predicted molar refractivity (Wildman–Crippen MR) is 142 cm³/mol. The Kier molecular flexibility index (Phi) is 7.45. The zero-order chi connectivity index (χ0) is 25.2. The average molecular weight is 494 g/mol. The Morgan fingerprint density at radius 1 is 1.03 bits per heavy atom. The quantitative estimate of drug-likeness (QED) is 0.635. The highest BCUT2D eigenvalue weighted by atomic mass is 32.2. The molecule has 2 heterocycles. The van der Waals surface area contributed by atoms with Crippen LogP contribution in [0.2, 0.25) is 0 Å². The van der Waals surface area contributed by atoms with E-state index in [0.29, 0.717) is 60.3 Å². The lowest BCUT2D eigenvalue weighted by molar-refractivity contribution is -0.126. The fourth-order valence-corrected chi connectivity index (χ4v) is 6.27. The summed E-state index contributed by atoms with van der Waals surface area (Å²) in [7, 11) is -3.75. The van der Waals surface area contributed by atoms with Crippen LogP contribution in [0.25, 0.3) is 4.91 Å². The Morgan fingerprint density at radius 2 is 1.66 bits per heavy atom. The molecule has 2 aliphatic heterocycles. The number of piperidine rings is 1. The van der Waals surface area contributed by atoms with Crippen LogP contribution < -0.4 is 5.32 Å². The van der Waals surface area contributed by atoms with Crippen molar-refractivity contribution in [2.24, 2.45) is 10.3 Å². The van der Waals surface area contributed by atoms with Gasteiger partial charge in [0.1, 0.15) is 10.7 Å². The van der Waals surface area contributed by atoms with Gasteiger partial charge >= 0.3 is 0 Å². The van der Waals surface area contributed by atoms with Crippen molar-refractivity contribution in [2.45, 2.75) is 52.9 Å². The highest BCUT2D eigenvalue weighted by Crippen LogP contribution is 2.35. The van der Waals surface area contributed by atoms with Crippen molar-refractivity contribution >= 4 is 26.7 Å². The molecule has 0 aromatic heterocycles. The van der Waals surface area contributed by atoms with Crippen LogP contribution >= 0.6 is 0 Å². The monoisotopic (exact) mass is 493 g/mol.